The number of para-hydroxylation sites is 1. The molecular weight excluding hydrogens is 458 g/mol. The van der Waals surface area contributed by atoms with Crippen LogP contribution in [0.5, 0.6) is 0 Å². The van der Waals surface area contributed by atoms with Gasteiger partial charge in [-0.2, -0.15) is 0 Å². The average Bonchev–Trinajstić information content (AvgIpc) is 3.35. The van der Waals surface area contributed by atoms with Crippen LogP contribution in [0.4, 0.5) is 0 Å². The van der Waals surface area contributed by atoms with Gasteiger partial charge in [-0.25, -0.2) is 4.98 Å². The molecule has 188 valence electrons. The largest absolute Gasteiger partial charge is 0.456 e. The van der Waals surface area contributed by atoms with Gasteiger partial charge in [0.25, 0.3) is 5.56 Å². The van der Waals surface area contributed by atoms with Gasteiger partial charge in [0.15, 0.2) is 0 Å². The van der Waals surface area contributed by atoms with Crippen LogP contribution in [0.2, 0.25) is 0 Å². The highest BCUT2D eigenvalue weighted by Gasteiger charge is 2.24. The van der Waals surface area contributed by atoms with Crippen molar-refractivity contribution < 1.29 is 4.42 Å². The smallest absolute Gasteiger partial charge is 0.261 e. The molecule has 1 fully saturated rings. The fourth-order valence-electron chi connectivity index (χ4n) is 5.67. The predicted octanol–water partition coefficient (Wildman–Crippen LogP) is 6.91. The van der Waals surface area contributed by atoms with E-state index in [1.54, 1.807) is 0 Å². The standard InChI is InChI=1S/C32H33N3O2/c1-21(2)34-16-8-10-23(19-34)20-35-31(26-12-6-4-9-22(26)3)33-28-15-14-25(17-27(28)32(35)36)30-18-24-11-5-7-13-29(24)37-30/h4-7,9,11-15,17-18,21,23H,8,10,16,19-20H2,1-3H3. The van der Waals surface area contributed by atoms with E-state index in [4.69, 9.17) is 9.40 Å². The van der Waals surface area contributed by atoms with Crippen molar-refractivity contribution in [3.05, 3.63) is 88.7 Å². The van der Waals surface area contributed by atoms with Crippen molar-refractivity contribution in [3.63, 3.8) is 0 Å². The number of benzene rings is 3. The molecule has 1 saturated heterocycles. The Balaban J connectivity index is 1.49. The Hall–Kier alpha value is -3.70. The molecule has 0 aliphatic carbocycles. The van der Waals surface area contributed by atoms with E-state index < -0.39 is 0 Å². The van der Waals surface area contributed by atoms with Gasteiger partial charge in [-0.05, 0) is 82.0 Å². The maximum absolute atomic E-state index is 14.2. The van der Waals surface area contributed by atoms with E-state index >= 15 is 0 Å². The Labute approximate surface area is 217 Å². The zero-order valence-corrected chi connectivity index (χ0v) is 21.8. The van der Waals surface area contributed by atoms with Gasteiger partial charge in [0.05, 0.1) is 10.9 Å². The zero-order chi connectivity index (χ0) is 25.5. The third-order valence-electron chi connectivity index (χ3n) is 7.77. The minimum Gasteiger partial charge on any atom is -0.456 e. The molecule has 5 nitrogen and oxygen atoms in total. The van der Waals surface area contributed by atoms with E-state index in [0.29, 0.717) is 29.4 Å². The van der Waals surface area contributed by atoms with Gasteiger partial charge in [0, 0.05) is 35.6 Å². The van der Waals surface area contributed by atoms with Crippen molar-refractivity contribution in [2.24, 2.45) is 5.92 Å². The van der Waals surface area contributed by atoms with E-state index in [0.717, 1.165) is 65.2 Å². The van der Waals surface area contributed by atoms with Crippen molar-refractivity contribution >= 4 is 21.9 Å². The Morgan fingerprint density at radius 2 is 1.84 bits per heavy atom. The number of aryl methyl sites for hydroxylation is 1. The van der Waals surface area contributed by atoms with Gasteiger partial charge < -0.3 is 9.32 Å². The Kier molecular flexibility index (Phi) is 6.17. The second-order valence-electron chi connectivity index (χ2n) is 10.6. The van der Waals surface area contributed by atoms with Crippen LogP contribution in [0.15, 0.2) is 82.0 Å². The summed E-state index contributed by atoms with van der Waals surface area (Å²) in [5.74, 6) is 1.93. The average molecular weight is 492 g/mol. The molecule has 1 atom stereocenters. The van der Waals surface area contributed by atoms with Gasteiger partial charge in [-0.3, -0.25) is 9.36 Å². The van der Waals surface area contributed by atoms with E-state index in [1.807, 2.05) is 65.2 Å². The van der Waals surface area contributed by atoms with Gasteiger partial charge >= 0.3 is 0 Å². The number of nitrogens with zero attached hydrogens (tertiary/aromatic N) is 3. The Morgan fingerprint density at radius 3 is 2.65 bits per heavy atom. The topological polar surface area (TPSA) is 51.3 Å². The minimum absolute atomic E-state index is 0.0166. The molecule has 37 heavy (non-hydrogen) atoms. The van der Waals surface area contributed by atoms with Crippen LogP contribution < -0.4 is 5.56 Å². The van der Waals surface area contributed by atoms with Crippen LogP contribution in [0, 0.1) is 12.8 Å². The van der Waals surface area contributed by atoms with Crippen LogP contribution in [0.1, 0.15) is 32.3 Å². The molecule has 1 aliphatic heterocycles. The molecule has 0 bridgehead atoms. The van der Waals surface area contributed by atoms with Gasteiger partial charge in [0.1, 0.15) is 17.2 Å². The van der Waals surface area contributed by atoms with Gasteiger partial charge in [-0.1, -0.05) is 42.5 Å². The van der Waals surface area contributed by atoms with Crippen LogP contribution in [-0.2, 0) is 6.54 Å². The second-order valence-corrected chi connectivity index (χ2v) is 10.6. The molecule has 0 N–H and O–H groups in total. The summed E-state index contributed by atoms with van der Waals surface area (Å²) >= 11 is 0. The van der Waals surface area contributed by atoms with Crippen molar-refractivity contribution in [1.82, 2.24) is 14.5 Å². The van der Waals surface area contributed by atoms with Crippen LogP contribution in [0.25, 0.3) is 44.6 Å². The number of piperidine rings is 1. The molecule has 3 heterocycles. The van der Waals surface area contributed by atoms with Crippen molar-refractivity contribution in [2.75, 3.05) is 13.1 Å². The van der Waals surface area contributed by atoms with Crippen LogP contribution in [0.3, 0.4) is 0 Å². The van der Waals surface area contributed by atoms with Gasteiger partial charge in [-0.15, -0.1) is 0 Å². The quantitative estimate of drug-likeness (QED) is 0.268. The van der Waals surface area contributed by atoms with E-state index in [2.05, 4.69) is 37.8 Å². The summed E-state index contributed by atoms with van der Waals surface area (Å²) in [5, 5.41) is 1.68. The first kappa shape index (κ1) is 23.7. The number of hydrogen-bond acceptors (Lipinski definition) is 4. The highest BCUT2D eigenvalue weighted by Crippen LogP contribution is 2.31. The lowest BCUT2D eigenvalue weighted by Gasteiger charge is -2.36. The van der Waals surface area contributed by atoms with Crippen molar-refractivity contribution in [1.29, 1.82) is 0 Å². The lowest BCUT2D eigenvalue weighted by Crippen LogP contribution is -2.42. The normalized spacial score (nSPS) is 16.7. The zero-order valence-electron chi connectivity index (χ0n) is 21.8. The highest BCUT2D eigenvalue weighted by atomic mass is 16.3. The monoisotopic (exact) mass is 491 g/mol. The van der Waals surface area contributed by atoms with Crippen LogP contribution in [-0.4, -0.2) is 33.6 Å². The van der Waals surface area contributed by atoms with E-state index in [1.165, 1.54) is 0 Å². The number of furan rings is 1. The third-order valence-corrected chi connectivity index (χ3v) is 7.77. The number of aromatic nitrogens is 2. The Morgan fingerprint density at radius 1 is 1.03 bits per heavy atom. The summed E-state index contributed by atoms with van der Waals surface area (Å²) in [6, 6.07) is 24.6. The summed E-state index contributed by atoms with van der Waals surface area (Å²) < 4.78 is 8.03. The maximum atomic E-state index is 14.2. The summed E-state index contributed by atoms with van der Waals surface area (Å²) in [5.41, 5.74) is 4.60. The first-order valence-electron chi connectivity index (χ1n) is 13.3. The molecule has 1 aliphatic rings. The molecule has 2 aromatic heterocycles. The highest BCUT2D eigenvalue weighted by molar-refractivity contribution is 5.88. The third kappa shape index (κ3) is 4.49. The SMILES string of the molecule is Cc1ccccc1-c1nc2ccc(-c3cc4ccccc4o3)cc2c(=O)n1CC1CCCN(C(C)C)C1. The lowest BCUT2D eigenvalue weighted by molar-refractivity contribution is 0.130. The number of likely N-dealkylation sites (tertiary alicyclic amines) is 1. The second kappa shape index (κ2) is 9.64. The first-order chi connectivity index (χ1) is 18.0. The summed E-state index contributed by atoms with van der Waals surface area (Å²) in [7, 11) is 0. The molecular formula is C32H33N3O2. The van der Waals surface area contributed by atoms with Crippen molar-refractivity contribution in [3.8, 4) is 22.7 Å². The van der Waals surface area contributed by atoms with Gasteiger partial charge in [0.2, 0.25) is 0 Å². The molecule has 5 heteroatoms. The fourth-order valence-corrected chi connectivity index (χ4v) is 5.67. The van der Waals surface area contributed by atoms with E-state index in [-0.39, 0.29) is 5.56 Å². The molecule has 0 spiro atoms. The van der Waals surface area contributed by atoms with E-state index in [9.17, 15) is 4.79 Å². The molecule has 0 radical (unpaired) electrons. The molecule has 0 amide bonds. The molecule has 0 saturated carbocycles. The van der Waals surface area contributed by atoms with Crippen molar-refractivity contribution in [2.45, 2.75) is 46.2 Å². The number of hydrogen-bond donors (Lipinski definition) is 0. The molecule has 3 aromatic carbocycles. The molecule has 1 unspecified atom stereocenters. The number of fused-ring (bicyclic) bond motifs is 2. The molecule has 5 aromatic rings. The lowest BCUT2D eigenvalue weighted by atomic mass is 9.96. The minimum atomic E-state index is 0.0166. The number of rotatable bonds is 5. The summed E-state index contributed by atoms with van der Waals surface area (Å²) in [6.07, 6.45) is 2.29. The summed E-state index contributed by atoms with van der Waals surface area (Å²) in [6.45, 7) is 9.40. The predicted molar refractivity (Wildman–Crippen MR) is 151 cm³/mol. The molecule has 6 rings (SSSR count). The van der Waals surface area contributed by atoms with Crippen LogP contribution >= 0.6 is 0 Å². The first-order valence-corrected chi connectivity index (χ1v) is 13.3. The Bertz CT molecular complexity index is 1610. The maximum Gasteiger partial charge on any atom is 0.261 e. The fraction of sp³-hybridized carbons (Fsp3) is 0.312. The summed E-state index contributed by atoms with van der Waals surface area (Å²) in [4.78, 5) is 21.8.